The third-order valence-electron chi connectivity index (χ3n) is 2.46. The lowest BCUT2D eigenvalue weighted by atomic mass is 10.1. The first-order valence-corrected chi connectivity index (χ1v) is 5.22. The van der Waals surface area contributed by atoms with Crippen molar-refractivity contribution in [2.24, 2.45) is 11.7 Å². The molecule has 0 fully saturated rings. The van der Waals surface area contributed by atoms with Crippen molar-refractivity contribution in [1.29, 1.82) is 0 Å². The van der Waals surface area contributed by atoms with Gasteiger partial charge in [-0.1, -0.05) is 6.92 Å². The molecule has 1 atom stereocenters. The van der Waals surface area contributed by atoms with Gasteiger partial charge in [0, 0.05) is 33.6 Å². The van der Waals surface area contributed by atoms with E-state index in [1.165, 1.54) is 0 Å². The van der Waals surface area contributed by atoms with Gasteiger partial charge in [0.15, 0.2) is 0 Å². The number of hydrogen-bond acceptors (Lipinski definition) is 3. The van der Waals surface area contributed by atoms with E-state index in [0.29, 0.717) is 19.5 Å². The second kappa shape index (κ2) is 7.23. The highest BCUT2D eigenvalue weighted by Gasteiger charge is 2.18. The Labute approximate surface area is 91.0 Å². The molecule has 0 radical (unpaired) electrons. The molecule has 0 spiro atoms. The molecule has 5 nitrogen and oxygen atoms in total. The molecule has 0 saturated heterocycles. The van der Waals surface area contributed by atoms with E-state index in [1.807, 2.05) is 6.92 Å². The summed E-state index contributed by atoms with van der Waals surface area (Å²) in [4.78, 5) is 24.3. The average molecular weight is 215 g/mol. The van der Waals surface area contributed by atoms with Gasteiger partial charge in [0.1, 0.15) is 0 Å². The SMILES string of the molecule is CCC(CN)C(=O)N(C)CCC(=O)NC. The van der Waals surface area contributed by atoms with Gasteiger partial charge in [0.05, 0.1) is 5.92 Å². The Kier molecular flexibility index (Phi) is 6.70. The van der Waals surface area contributed by atoms with Crippen molar-refractivity contribution in [3.8, 4) is 0 Å². The summed E-state index contributed by atoms with van der Waals surface area (Å²) in [7, 11) is 3.28. The van der Waals surface area contributed by atoms with E-state index >= 15 is 0 Å². The van der Waals surface area contributed by atoms with Crippen LogP contribution in [0, 0.1) is 5.92 Å². The number of carbonyl (C=O) groups is 2. The highest BCUT2D eigenvalue weighted by atomic mass is 16.2. The molecule has 2 amide bonds. The molecule has 0 aliphatic carbocycles. The Morgan fingerprint density at radius 3 is 2.47 bits per heavy atom. The minimum atomic E-state index is -0.125. The van der Waals surface area contributed by atoms with E-state index < -0.39 is 0 Å². The maximum absolute atomic E-state index is 11.7. The number of hydrogen-bond donors (Lipinski definition) is 2. The van der Waals surface area contributed by atoms with Gasteiger partial charge in [-0.25, -0.2) is 0 Å². The van der Waals surface area contributed by atoms with Gasteiger partial charge in [-0.3, -0.25) is 9.59 Å². The van der Waals surface area contributed by atoms with E-state index in [4.69, 9.17) is 5.73 Å². The Morgan fingerprint density at radius 1 is 1.47 bits per heavy atom. The monoisotopic (exact) mass is 215 g/mol. The molecule has 0 aromatic rings. The third-order valence-corrected chi connectivity index (χ3v) is 2.46. The molecule has 0 heterocycles. The van der Waals surface area contributed by atoms with Crippen LogP contribution in [0.4, 0.5) is 0 Å². The zero-order valence-electron chi connectivity index (χ0n) is 9.75. The summed E-state index contributed by atoms with van der Waals surface area (Å²) in [5.41, 5.74) is 5.48. The van der Waals surface area contributed by atoms with E-state index in [-0.39, 0.29) is 17.7 Å². The van der Waals surface area contributed by atoms with Gasteiger partial charge < -0.3 is 16.0 Å². The van der Waals surface area contributed by atoms with Crippen molar-refractivity contribution in [1.82, 2.24) is 10.2 Å². The van der Waals surface area contributed by atoms with E-state index in [2.05, 4.69) is 5.32 Å². The summed E-state index contributed by atoms with van der Waals surface area (Å²) in [5, 5.41) is 2.51. The second-order valence-corrected chi connectivity index (χ2v) is 3.52. The third kappa shape index (κ3) is 4.78. The van der Waals surface area contributed by atoms with Crippen LogP contribution in [0.15, 0.2) is 0 Å². The summed E-state index contributed by atoms with van der Waals surface area (Å²) < 4.78 is 0. The molecule has 0 bridgehead atoms. The molecule has 0 rings (SSSR count). The van der Waals surface area contributed by atoms with Gasteiger partial charge in [0.25, 0.3) is 0 Å². The highest BCUT2D eigenvalue weighted by Crippen LogP contribution is 2.05. The zero-order valence-corrected chi connectivity index (χ0v) is 9.75. The molecule has 0 saturated carbocycles. The molecule has 5 heteroatoms. The standard InChI is InChI=1S/C10H21N3O2/c1-4-8(7-11)10(15)13(3)6-5-9(14)12-2/h8H,4-7,11H2,1-3H3,(H,12,14). The smallest absolute Gasteiger partial charge is 0.226 e. The molecule has 0 aliphatic rings. The first kappa shape index (κ1) is 13.9. The van der Waals surface area contributed by atoms with Crippen LogP contribution in [0.1, 0.15) is 19.8 Å². The van der Waals surface area contributed by atoms with Crippen LogP contribution in [-0.2, 0) is 9.59 Å². The number of nitrogens with one attached hydrogen (secondary N) is 1. The maximum atomic E-state index is 11.7. The minimum Gasteiger partial charge on any atom is -0.359 e. The molecule has 15 heavy (non-hydrogen) atoms. The van der Waals surface area contributed by atoms with Crippen molar-refractivity contribution in [2.75, 3.05) is 27.2 Å². The molecular weight excluding hydrogens is 194 g/mol. The summed E-state index contributed by atoms with van der Waals surface area (Å²) in [5.74, 6) is -0.168. The molecule has 0 aromatic heterocycles. The fourth-order valence-corrected chi connectivity index (χ4v) is 1.26. The summed E-state index contributed by atoms with van der Waals surface area (Å²) in [6.45, 7) is 2.73. The molecule has 88 valence electrons. The highest BCUT2D eigenvalue weighted by molar-refractivity contribution is 5.80. The van der Waals surface area contributed by atoms with E-state index in [0.717, 1.165) is 6.42 Å². The molecular formula is C10H21N3O2. The van der Waals surface area contributed by atoms with Crippen LogP contribution >= 0.6 is 0 Å². The first-order chi connectivity index (χ1) is 7.06. The first-order valence-electron chi connectivity index (χ1n) is 5.22. The van der Waals surface area contributed by atoms with Gasteiger partial charge in [-0.15, -0.1) is 0 Å². The normalized spacial score (nSPS) is 12.0. The second-order valence-electron chi connectivity index (χ2n) is 3.52. The Hall–Kier alpha value is -1.10. The van der Waals surface area contributed by atoms with Crippen molar-refractivity contribution >= 4 is 11.8 Å². The lowest BCUT2D eigenvalue weighted by Crippen LogP contribution is -2.38. The Morgan fingerprint density at radius 2 is 2.07 bits per heavy atom. The molecule has 0 aliphatic heterocycles. The van der Waals surface area contributed by atoms with Crippen molar-refractivity contribution < 1.29 is 9.59 Å². The maximum Gasteiger partial charge on any atom is 0.226 e. The van der Waals surface area contributed by atoms with Crippen LogP contribution in [0.25, 0.3) is 0 Å². The summed E-state index contributed by atoms with van der Waals surface area (Å²) in [6.07, 6.45) is 1.07. The Balaban J connectivity index is 4.03. The fourth-order valence-electron chi connectivity index (χ4n) is 1.26. The van der Waals surface area contributed by atoms with Crippen LogP contribution in [0.5, 0.6) is 0 Å². The average Bonchev–Trinajstić information content (AvgIpc) is 2.26. The van der Waals surface area contributed by atoms with Crippen LogP contribution < -0.4 is 11.1 Å². The van der Waals surface area contributed by atoms with E-state index in [1.54, 1.807) is 19.0 Å². The van der Waals surface area contributed by atoms with Crippen molar-refractivity contribution in [3.05, 3.63) is 0 Å². The fraction of sp³-hybridized carbons (Fsp3) is 0.800. The predicted molar refractivity (Wildman–Crippen MR) is 59.2 cm³/mol. The van der Waals surface area contributed by atoms with Crippen LogP contribution in [0.3, 0.4) is 0 Å². The zero-order chi connectivity index (χ0) is 11.8. The topological polar surface area (TPSA) is 75.4 Å². The van der Waals surface area contributed by atoms with Gasteiger partial charge in [0.2, 0.25) is 11.8 Å². The molecule has 1 unspecified atom stereocenters. The largest absolute Gasteiger partial charge is 0.359 e. The lowest BCUT2D eigenvalue weighted by Gasteiger charge is -2.21. The van der Waals surface area contributed by atoms with Gasteiger partial charge >= 0.3 is 0 Å². The number of carbonyl (C=O) groups excluding carboxylic acids is 2. The van der Waals surface area contributed by atoms with Crippen molar-refractivity contribution in [3.63, 3.8) is 0 Å². The van der Waals surface area contributed by atoms with Crippen molar-refractivity contribution in [2.45, 2.75) is 19.8 Å². The van der Waals surface area contributed by atoms with Crippen LogP contribution in [0.2, 0.25) is 0 Å². The predicted octanol–water partition coefficient (Wildman–Crippen LogP) is -0.434. The summed E-state index contributed by atoms with van der Waals surface area (Å²) >= 11 is 0. The molecule has 0 aromatic carbocycles. The minimum absolute atomic E-state index is 0.0175. The molecule has 3 N–H and O–H groups in total. The lowest BCUT2D eigenvalue weighted by molar-refractivity contribution is -0.134. The van der Waals surface area contributed by atoms with Crippen LogP contribution in [-0.4, -0.2) is 43.9 Å². The summed E-state index contributed by atoms with van der Waals surface area (Å²) in [6, 6.07) is 0. The number of amides is 2. The van der Waals surface area contributed by atoms with Gasteiger partial charge in [-0.2, -0.15) is 0 Å². The number of nitrogens with zero attached hydrogens (tertiary/aromatic N) is 1. The number of rotatable bonds is 6. The van der Waals surface area contributed by atoms with Gasteiger partial charge in [-0.05, 0) is 6.42 Å². The van der Waals surface area contributed by atoms with E-state index in [9.17, 15) is 9.59 Å². The number of nitrogens with two attached hydrogens (primary N) is 1. The Bertz CT molecular complexity index is 215. The quantitative estimate of drug-likeness (QED) is 0.631.